The molecule has 0 aliphatic rings. The molecule has 0 aliphatic heterocycles. The third-order valence-electron chi connectivity index (χ3n) is 2.33. The van der Waals surface area contributed by atoms with Gasteiger partial charge >= 0.3 is 0 Å². The van der Waals surface area contributed by atoms with Crippen molar-refractivity contribution in [1.29, 1.82) is 0 Å². The molecule has 2 aromatic rings. The second kappa shape index (κ2) is 4.02. The van der Waals surface area contributed by atoms with Gasteiger partial charge in [0.05, 0.1) is 29.8 Å². The van der Waals surface area contributed by atoms with E-state index in [1.165, 1.54) is 0 Å². The van der Waals surface area contributed by atoms with E-state index in [1.807, 2.05) is 30.5 Å². The van der Waals surface area contributed by atoms with Crippen molar-refractivity contribution in [3.05, 3.63) is 42.2 Å². The maximum Gasteiger partial charge on any atom is 0.0952 e. The maximum atomic E-state index is 6.06. The summed E-state index contributed by atoms with van der Waals surface area (Å²) in [6, 6.07) is 3.80. The minimum absolute atomic E-state index is 0.404. The third-order valence-corrected chi connectivity index (χ3v) is 2.33. The minimum Gasteiger partial charge on any atom is -0.327 e. The second-order valence-corrected chi connectivity index (χ2v) is 4.34. The first kappa shape index (κ1) is 10.8. The fraction of sp³-hybridized carbons (Fsp3) is 0.364. The van der Waals surface area contributed by atoms with E-state index in [0.717, 1.165) is 11.4 Å². The van der Waals surface area contributed by atoms with Crippen LogP contribution in [0.25, 0.3) is 0 Å². The third kappa shape index (κ3) is 2.25. The van der Waals surface area contributed by atoms with Crippen LogP contribution in [0.1, 0.15) is 25.2 Å². The van der Waals surface area contributed by atoms with Crippen molar-refractivity contribution in [1.82, 2.24) is 19.7 Å². The molecule has 0 radical (unpaired) electrons. The fourth-order valence-corrected chi connectivity index (χ4v) is 1.58. The maximum absolute atomic E-state index is 6.06. The highest BCUT2D eigenvalue weighted by Crippen LogP contribution is 2.16. The molecule has 0 fully saturated rings. The van der Waals surface area contributed by atoms with Crippen LogP contribution in [-0.2, 0) is 12.1 Å². The van der Waals surface area contributed by atoms with Crippen molar-refractivity contribution in [2.75, 3.05) is 0 Å². The largest absolute Gasteiger partial charge is 0.327 e. The van der Waals surface area contributed by atoms with E-state index in [4.69, 9.17) is 5.73 Å². The normalized spacial score (nSPS) is 11.7. The average molecular weight is 217 g/mol. The molecule has 84 valence electrons. The predicted octanol–water partition coefficient (Wildman–Crippen LogP) is 0.915. The summed E-state index contributed by atoms with van der Waals surface area (Å²) >= 11 is 0. The van der Waals surface area contributed by atoms with Crippen molar-refractivity contribution in [3.63, 3.8) is 0 Å². The summed E-state index contributed by atoms with van der Waals surface area (Å²) in [7, 11) is 0. The van der Waals surface area contributed by atoms with Gasteiger partial charge in [0.25, 0.3) is 0 Å². The molecule has 2 heterocycles. The van der Waals surface area contributed by atoms with Gasteiger partial charge in [-0.2, -0.15) is 10.2 Å². The number of imidazole rings is 1. The molecule has 16 heavy (non-hydrogen) atoms. The van der Waals surface area contributed by atoms with Crippen LogP contribution in [0.2, 0.25) is 0 Å². The number of hydrogen-bond donors (Lipinski definition) is 1. The van der Waals surface area contributed by atoms with Crippen LogP contribution >= 0.6 is 0 Å². The van der Waals surface area contributed by atoms with E-state index in [2.05, 4.69) is 15.2 Å². The quantitative estimate of drug-likeness (QED) is 0.829. The highest BCUT2D eigenvalue weighted by atomic mass is 15.1. The Morgan fingerprint density at radius 1 is 1.44 bits per heavy atom. The summed E-state index contributed by atoms with van der Waals surface area (Å²) in [5, 5.41) is 7.88. The van der Waals surface area contributed by atoms with Gasteiger partial charge < -0.3 is 10.3 Å². The standard InChI is InChI=1S/C11H15N5/c1-11(2,12)10-6-13-8-16(10)7-9-4-3-5-14-15-9/h3-6,8H,7,12H2,1-2H3. The molecule has 0 amide bonds. The number of aromatic nitrogens is 4. The molecule has 0 spiro atoms. The van der Waals surface area contributed by atoms with Crippen molar-refractivity contribution >= 4 is 0 Å². The van der Waals surface area contributed by atoms with Crippen molar-refractivity contribution in [3.8, 4) is 0 Å². The number of hydrogen-bond acceptors (Lipinski definition) is 4. The van der Waals surface area contributed by atoms with Crippen LogP contribution in [-0.4, -0.2) is 19.7 Å². The number of nitrogens with zero attached hydrogens (tertiary/aromatic N) is 4. The first-order valence-corrected chi connectivity index (χ1v) is 5.13. The zero-order chi connectivity index (χ0) is 11.6. The van der Waals surface area contributed by atoms with Crippen LogP contribution in [0.5, 0.6) is 0 Å². The summed E-state index contributed by atoms with van der Waals surface area (Å²) in [5.74, 6) is 0. The van der Waals surface area contributed by atoms with Gasteiger partial charge in [0.2, 0.25) is 0 Å². The zero-order valence-corrected chi connectivity index (χ0v) is 9.46. The van der Waals surface area contributed by atoms with E-state index < -0.39 is 5.54 Å². The molecule has 0 saturated heterocycles. The van der Waals surface area contributed by atoms with Gasteiger partial charge in [-0.05, 0) is 26.0 Å². The van der Waals surface area contributed by atoms with Crippen LogP contribution < -0.4 is 5.73 Å². The Kier molecular flexibility index (Phi) is 2.70. The number of rotatable bonds is 3. The highest BCUT2D eigenvalue weighted by Gasteiger charge is 2.19. The minimum atomic E-state index is -0.404. The fourth-order valence-electron chi connectivity index (χ4n) is 1.58. The first-order valence-electron chi connectivity index (χ1n) is 5.13. The van der Waals surface area contributed by atoms with Gasteiger partial charge in [-0.15, -0.1) is 0 Å². The van der Waals surface area contributed by atoms with Crippen LogP contribution in [0.3, 0.4) is 0 Å². The summed E-state index contributed by atoms with van der Waals surface area (Å²) in [4.78, 5) is 4.12. The highest BCUT2D eigenvalue weighted by molar-refractivity contribution is 5.12. The van der Waals surface area contributed by atoms with E-state index >= 15 is 0 Å². The van der Waals surface area contributed by atoms with E-state index in [-0.39, 0.29) is 0 Å². The summed E-state index contributed by atoms with van der Waals surface area (Å²) in [6.07, 6.45) is 5.21. The molecular weight excluding hydrogens is 202 g/mol. The molecule has 0 saturated carbocycles. The van der Waals surface area contributed by atoms with Gasteiger partial charge in [0, 0.05) is 12.4 Å². The average Bonchev–Trinajstić information content (AvgIpc) is 2.67. The summed E-state index contributed by atoms with van der Waals surface area (Å²) in [5.41, 5.74) is 7.53. The zero-order valence-electron chi connectivity index (χ0n) is 9.46. The SMILES string of the molecule is CC(C)(N)c1cncn1Cc1cccnn1. The Balaban J connectivity index is 2.26. The molecule has 0 aromatic carbocycles. The molecule has 0 aliphatic carbocycles. The molecular formula is C11H15N5. The smallest absolute Gasteiger partial charge is 0.0952 e. The van der Waals surface area contributed by atoms with Gasteiger partial charge in [0.1, 0.15) is 0 Å². The Bertz CT molecular complexity index is 455. The van der Waals surface area contributed by atoms with Crippen molar-refractivity contribution < 1.29 is 0 Å². The van der Waals surface area contributed by atoms with E-state index in [9.17, 15) is 0 Å². The monoisotopic (exact) mass is 217 g/mol. The second-order valence-electron chi connectivity index (χ2n) is 4.34. The lowest BCUT2D eigenvalue weighted by Crippen LogP contribution is -2.31. The predicted molar refractivity (Wildman–Crippen MR) is 60.6 cm³/mol. The van der Waals surface area contributed by atoms with E-state index in [0.29, 0.717) is 6.54 Å². The van der Waals surface area contributed by atoms with Crippen molar-refractivity contribution in [2.24, 2.45) is 5.73 Å². The molecule has 0 unspecified atom stereocenters. The Hall–Kier alpha value is -1.75. The first-order chi connectivity index (χ1) is 7.57. The molecule has 2 rings (SSSR count). The Morgan fingerprint density at radius 3 is 2.88 bits per heavy atom. The lowest BCUT2D eigenvalue weighted by Gasteiger charge is -2.20. The summed E-state index contributed by atoms with van der Waals surface area (Å²) in [6.45, 7) is 4.55. The van der Waals surface area contributed by atoms with Crippen LogP contribution in [0.15, 0.2) is 30.9 Å². The van der Waals surface area contributed by atoms with Crippen molar-refractivity contribution in [2.45, 2.75) is 25.9 Å². The van der Waals surface area contributed by atoms with Gasteiger partial charge in [-0.1, -0.05) is 0 Å². The van der Waals surface area contributed by atoms with Gasteiger partial charge in [-0.3, -0.25) is 0 Å². The van der Waals surface area contributed by atoms with Gasteiger partial charge in [-0.25, -0.2) is 4.98 Å². The molecule has 5 nitrogen and oxygen atoms in total. The molecule has 5 heteroatoms. The van der Waals surface area contributed by atoms with Gasteiger partial charge in [0.15, 0.2) is 0 Å². The Labute approximate surface area is 94.3 Å². The lowest BCUT2D eigenvalue weighted by molar-refractivity contribution is 0.501. The van der Waals surface area contributed by atoms with Crippen LogP contribution in [0, 0.1) is 0 Å². The summed E-state index contributed by atoms with van der Waals surface area (Å²) < 4.78 is 1.99. The number of nitrogens with two attached hydrogens (primary N) is 1. The Morgan fingerprint density at radius 2 is 2.25 bits per heavy atom. The molecule has 0 atom stereocenters. The lowest BCUT2D eigenvalue weighted by atomic mass is 10.0. The topological polar surface area (TPSA) is 69.6 Å². The molecule has 0 bridgehead atoms. The molecule has 2 aromatic heterocycles. The van der Waals surface area contributed by atoms with Crippen LogP contribution in [0.4, 0.5) is 0 Å². The van der Waals surface area contributed by atoms with E-state index in [1.54, 1.807) is 18.7 Å². The molecule has 2 N–H and O–H groups in total.